The maximum absolute atomic E-state index is 13.2. The minimum absolute atomic E-state index is 0. The van der Waals surface area contributed by atoms with Gasteiger partial charge in [-0.2, -0.15) is 0 Å². The van der Waals surface area contributed by atoms with E-state index in [1.165, 1.54) is 0 Å². The molecule has 1 aromatic carbocycles. The first-order valence-electron chi connectivity index (χ1n) is 7.29. The zero-order valence-corrected chi connectivity index (χ0v) is 14.0. The second-order valence-corrected chi connectivity index (χ2v) is 5.81. The van der Waals surface area contributed by atoms with E-state index in [2.05, 4.69) is 15.6 Å². The standard InChI is InChI=1S/C16H17F2N3O2.ClH/c1-9-3-4-11(5-12(9)15-20-10(2)7-23-15)21-14(22)13-6-16(17,18)8-19-13;/h3-5,7,13,19H,6,8H2,1-2H3,(H,21,22);1H. The summed E-state index contributed by atoms with van der Waals surface area (Å²) in [4.78, 5) is 16.4. The van der Waals surface area contributed by atoms with Gasteiger partial charge in [-0.1, -0.05) is 6.07 Å². The monoisotopic (exact) mass is 357 g/mol. The van der Waals surface area contributed by atoms with Gasteiger partial charge in [0.05, 0.1) is 18.3 Å². The minimum Gasteiger partial charge on any atom is -0.444 e. The molecule has 3 rings (SSSR count). The first kappa shape index (κ1) is 18.4. The number of rotatable bonds is 3. The molecule has 5 nitrogen and oxygen atoms in total. The van der Waals surface area contributed by atoms with Crippen molar-refractivity contribution < 1.29 is 18.0 Å². The third-order valence-electron chi connectivity index (χ3n) is 3.78. The van der Waals surface area contributed by atoms with Gasteiger partial charge in [0.25, 0.3) is 5.92 Å². The largest absolute Gasteiger partial charge is 0.444 e. The van der Waals surface area contributed by atoms with E-state index in [-0.39, 0.29) is 12.4 Å². The van der Waals surface area contributed by atoms with Gasteiger partial charge in [-0.05, 0) is 31.5 Å². The zero-order chi connectivity index (χ0) is 16.6. The summed E-state index contributed by atoms with van der Waals surface area (Å²) in [7, 11) is 0. The molecule has 2 heterocycles. The first-order chi connectivity index (χ1) is 10.8. The van der Waals surface area contributed by atoms with Gasteiger partial charge in [0.15, 0.2) is 0 Å². The number of carbonyl (C=O) groups is 1. The molecule has 1 aliphatic heterocycles. The SMILES string of the molecule is Cc1coc(-c2cc(NC(=O)C3CC(F)(F)CN3)ccc2C)n1.Cl. The van der Waals surface area contributed by atoms with Crippen LogP contribution >= 0.6 is 12.4 Å². The van der Waals surface area contributed by atoms with Gasteiger partial charge in [-0.25, -0.2) is 13.8 Å². The highest BCUT2D eigenvalue weighted by Gasteiger charge is 2.42. The van der Waals surface area contributed by atoms with Crippen molar-refractivity contribution in [3.05, 3.63) is 35.7 Å². The Hall–Kier alpha value is -1.99. The summed E-state index contributed by atoms with van der Waals surface area (Å²) in [6.45, 7) is 3.25. The van der Waals surface area contributed by atoms with E-state index in [0.717, 1.165) is 16.8 Å². The van der Waals surface area contributed by atoms with Crippen molar-refractivity contribution in [1.82, 2.24) is 10.3 Å². The molecule has 0 spiro atoms. The molecule has 1 saturated heterocycles. The lowest BCUT2D eigenvalue weighted by Crippen LogP contribution is -2.35. The Bertz CT molecular complexity index is 749. The van der Waals surface area contributed by atoms with E-state index in [9.17, 15) is 13.6 Å². The van der Waals surface area contributed by atoms with E-state index >= 15 is 0 Å². The lowest BCUT2D eigenvalue weighted by Gasteiger charge is -2.12. The molecule has 0 radical (unpaired) electrons. The van der Waals surface area contributed by atoms with Crippen LogP contribution in [0.4, 0.5) is 14.5 Å². The lowest BCUT2D eigenvalue weighted by molar-refractivity contribution is -0.118. The minimum atomic E-state index is -2.84. The van der Waals surface area contributed by atoms with E-state index in [0.29, 0.717) is 11.6 Å². The van der Waals surface area contributed by atoms with Crippen molar-refractivity contribution in [3.63, 3.8) is 0 Å². The van der Waals surface area contributed by atoms with Crippen LogP contribution in [0, 0.1) is 13.8 Å². The Balaban J connectivity index is 0.00000208. The Labute approximate surface area is 144 Å². The Morgan fingerprint density at radius 3 is 2.75 bits per heavy atom. The summed E-state index contributed by atoms with van der Waals surface area (Å²) >= 11 is 0. The number of amides is 1. The molecular weight excluding hydrogens is 340 g/mol. The van der Waals surface area contributed by atoms with Gasteiger partial charge < -0.3 is 9.73 Å². The van der Waals surface area contributed by atoms with E-state index in [1.807, 2.05) is 19.9 Å². The van der Waals surface area contributed by atoms with Gasteiger partial charge in [0.1, 0.15) is 6.26 Å². The van der Waals surface area contributed by atoms with Crippen molar-refractivity contribution in [2.75, 3.05) is 11.9 Å². The summed E-state index contributed by atoms with van der Waals surface area (Å²) in [5.74, 6) is -2.85. The molecule has 1 aromatic heterocycles. The van der Waals surface area contributed by atoms with Crippen molar-refractivity contribution in [3.8, 4) is 11.5 Å². The van der Waals surface area contributed by atoms with Crippen molar-refractivity contribution >= 4 is 24.0 Å². The highest BCUT2D eigenvalue weighted by atomic mass is 35.5. The summed E-state index contributed by atoms with van der Waals surface area (Å²) in [6.07, 6.45) is 1.06. The number of aromatic nitrogens is 1. The number of halogens is 3. The van der Waals surface area contributed by atoms with Gasteiger partial charge >= 0.3 is 0 Å². The smallest absolute Gasteiger partial charge is 0.262 e. The number of oxazole rings is 1. The summed E-state index contributed by atoms with van der Waals surface area (Å²) in [5, 5.41) is 5.20. The van der Waals surface area contributed by atoms with Crippen LogP contribution in [0.1, 0.15) is 17.7 Å². The molecule has 0 bridgehead atoms. The molecule has 2 aromatic rings. The van der Waals surface area contributed by atoms with E-state index in [1.54, 1.807) is 18.4 Å². The van der Waals surface area contributed by atoms with Crippen LogP contribution in [0.15, 0.2) is 28.9 Å². The number of nitrogens with zero attached hydrogens (tertiary/aromatic N) is 1. The molecule has 1 fully saturated rings. The molecule has 1 aliphatic rings. The Kier molecular flexibility index (Phi) is 5.25. The van der Waals surface area contributed by atoms with E-state index < -0.39 is 30.8 Å². The van der Waals surface area contributed by atoms with Gasteiger partial charge in [0, 0.05) is 17.7 Å². The second kappa shape index (κ2) is 6.86. The van der Waals surface area contributed by atoms with Crippen LogP contribution in [0.3, 0.4) is 0 Å². The number of alkyl halides is 2. The normalized spacial score (nSPS) is 18.9. The summed E-state index contributed by atoms with van der Waals surface area (Å²) in [6, 6.07) is 4.38. The number of hydrogen-bond acceptors (Lipinski definition) is 4. The molecule has 1 unspecified atom stereocenters. The third-order valence-corrected chi connectivity index (χ3v) is 3.78. The van der Waals surface area contributed by atoms with E-state index in [4.69, 9.17) is 4.42 Å². The lowest BCUT2D eigenvalue weighted by atomic mass is 10.1. The number of hydrogen-bond donors (Lipinski definition) is 2. The number of benzene rings is 1. The quantitative estimate of drug-likeness (QED) is 0.884. The zero-order valence-electron chi connectivity index (χ0n) is 13.2. The molecule has 130 valence electrons. The number of anilines is 1. The Morgan fingerprint density at radius 1 is 1.42 bits per heavy atom. The highest BCUT2D eigenvalue weighted by Crippen LogP contribution is 2.28. The fourth-order valence-electron chi connectivity index (χ4n) is 2.54. The van der Waals surface area contributed by atoms with Gasteiger partial charge in [-0.3, -0.25) is 10.1 Å². The molecule has 1 amide bonds. The first-order valence-corrected chi connectivity index (χ1v) is 7.29. The second-order valence-electron chi connectivity index (χ2n) is 5.81. The maximum atomic E-state index is 13.2. The topological polar surface area (TPSA) is 67.2 Å². The molecule has 0 saturated carbocycles. The van der Waals surface area contributed by atoms with Crippen LogP contribution in [0.25, 0.3) is 11.5 Å². The fourth-order valence-corrected chi connectivity index (χ4v) is 2.54. The molecule has 1 atom stereocenters. The highest BCUT2D eigenvalue weighted by molar-refractivity contribution is 5.95. The van der Waals surface area contributed by atoms with Crippen LogP contribution in [-0.2, 0) is 4.79 Å². The van der Waals surface area contributed by atoms with Gasteiger partial charge in [0.2, 0.25) is 11.8 Å². The van der Waals surface area contributed by atoms with Crippen molar-refractivity contribution in [1.29, 1.82) is 0 Å². The van der Waals surface area contributed by atoms with Crippen molar-refractivity contribution in [2.45, 2.75) is 32.2 Å². The van der Waals surface area contributed by atoms with Crippen LogP contribution in [-0.4, -0.2) is 29.4 Å². The molecule has 8 heteroatoms. The number of aryl methyl sites for hydroxylation is 2. The van der Waals surface area contributed by atoms with Gasteiger partial charge in [-0.15, -0.1) is 12.4 Å². The fraction of sp³-hybridized carbons (Fsp3) is 0.375. The molecule has 24 heavy (non-hydrogen) atoms. The van der Waals surface area contributed by atoms with Crippen LogP contribution in [0.2, 0.25) is 0 Å². The van der Waals surface area contributed by atoms with Crippen LogP contribution < -0.4 is 10.6 Å². The summed E-state index contributed by atoms with van der Waals surface area (Å²) in [5.41, 5.74) is 2.96. The molecular formula is C16H18ClF2N3O2. The Morgan fingerprint density at radius 2 is 2.17 bits per heavy atom. The number of nitrogens with one attached hydrogen (secondary N) is 2. The summed E-state index contributed by atoms with van der Waals surface area (Å²) < 4.78 is 31.7. The van der Waals surface area contributed by atoms with Crippen molar-refractivity contribution in [2.24, 2.45) is 0 Å². The predicted molar refractivity (Wildman–Crippen MR) is 88.6 cm³/mol. The average molecular weight is 358 g/mol. The number of carbonyl (C=O) groups excluding carboxylic acids is 1. The maximum Gasteiger partial charge on any atom is 0.262 e. The third kappa shape index (κ3) is 3.91. The molecule has 0 aliphatic carbocycles. The average Bonchev–Trinajstić information content (AvgIpc) is 3.06. The molecule has 2 N–H and O–H groups in total. The predicted octanol–water partition coefficient (Wildman–Crippen LogP) is 3.32. The van der Waals surface area contributed by atoms with Crippen LogP contribution in [0.5, 0.6) is 0 Å².